The molecule has 0 aliphatic rings. The van der Waals surface area contributed by atoms with Crippen molar-refractivity contribution < 1.29 is 4.79 Å². The number of nitrogens with one attached hydrogen (secondary N) is 1. The van der Waals surface area contributed by atoms with E-state index in [-0.39, 0.29) is 11.9 Å². The van der Waals surface area contributed by atoms with E-state index in [1.807, 2.05) is 25.1 Å². The first kappa shape index (κ1) is 15.6. The van der Waals surface area contributed by atoms with Crippen molar-refractivity contribution >= 4 is 5.91 Å². The Morgan fingerprint density at radius 2 is 2.21 bits per heavy atom. The summed E-state index contributed by atoms with van der Waals surface area (Å²) >= 11 is 0. The Labute approximate surface area is 115 Å². The Bertz CT molecular complexity index is 367. The second-order valence-corrected chi connectivity index (χ2v) is 4.93. The molecule has 19 heavy (non-hydrogen) atoms. The first-order chi connectivity index (χ1) is 9.17. The molecule has 1 aromatic rings. The zero-order valence-electron chi connectivity index (χ0n) is 11.9. The van der Waals surface area contributed by atoms with Gasteiger partial charge in [0.05, 0.1) is 11.7 Å². The largest absolute Gasteiger partial charge is 0.348 e. The van der Waals surface area contributed by atoms with Crippen LogP contribution < -0.4 is 11.1 Å². The zero-order valence-corrected chi connectivity index (χ0v) is 11.9. The number of carbonyl (C=O) groups excluding carboxylic acids is 1. The summed E-state index contributed by atoms with van der Waals surface area (Å²) < 4.78 is 0. The maximum atomic E-state index is 11.9. The Kier molecular flexibility index (Phi) is 7.11. The van der Waals surface area contributed by atoms with E-state index in [2.05, 4.69) is 17.2 Å². The minimum atomic E-state index is -0.0386. The predicted octanol–water partition coefficient (Wildman–Crippen LogP) is 2.41. The highest BCUT2D eigenvalue weighted by Gasteiger charge is 2.12. The Morgan fingerprint density at radius 3 is 2.79 bits per heavy atom. The molecule has 106 valence electrons. The van der Waals surface area contributed by atoms with Gasteiger partial charge in [-0.05, 0) is 44.4 Å². The van der Waals surface area contributed by atoms with Gasteiger partial charge in [-0.2, -0.15) is 0 Å². The van der Waals surface area contributed by atoms with Crippen molar-refractivity contribution in [2.75, 3.05) is 6.54 Å². The van der Waals surface area contributed by atoms with Crippen LogP contribution in [0.1, 0.15) is 51.3 Å². The van der Waals surface area contributed by atoms with E-state index >= 15 is 0 Å². The summed E-state index contributed by atoms with van der Waals surface area (Å²) in [6.45, 7) is 4.80. The molecule has 0 bridgehead atoms. The molecule has 1 aromatic heterocycles. The van der Waals surface area contributed by atoms with Crippen LogP contribution >= 0.6 is 0 Å². The van der Waals surface area contributed by atoms with Crippen LogP contribution in [-0.2, 0) is 4.79 Å². The van der Waals surface area contributed by atoms with Crippen molar-refractivity contribution in [3.8, 4) is 0 Å². The summed E-state index contributed by atoms with van der Waals surface area (Å²) in [4.78, 5) is 16.1. The summed E-state index contributed by atoms with van der Waals surface area (Å²) in [5.41, 5.74) is 6.45. The first-order valence-corrected chi connectivity index (χ1v) is 7.07. The molecule has 3 N–H and O–H groups in total. The number of hydrogen-bond acceptors (Lipinski definition) is 3. The highest BCUT2D eigenvalue weighted by atomic mass is 16.1. The molecule has 4 heteroatoms. The molecule has 0 radical (unpaired) electrons. The number of hydrogen-bond donors (Lipinski definition) is 2. The monoisotopic (exact) mass is 263 g/mol. The average molecular weight is 263 g/mol. The summed E-state index contributed by atoms with van der Waals surface area (Å²) in [6, 6.07) is 5.69. The van der Waals surface area contributed by atoms with Crippen LogP contribution in [0.15, 0.2) is 24.4 Å². The van der Waals surface area contributed by atoms with E-state index in [1.165, 1.54) is 0 Å². The third-order valence-corrected chi connectivity index (χ3v) is 3.44. The molecule has 1 heterocycles. The molecule has 0 spiro atoms. The van der Waals surface area contributed by atoms with E-state index in [1.54, 1.807) is 6.20 Å². The number of aromatic nitrogens is 1. The minimum Gasteiger partial charge on any atom is -0.348 e. The van der Waals surface area contributed by atoms with Gasteiger partial charge < -0.3 is 11.1 Å². The van der Waals surface area contributed by atoms with E-state index in [9.17, 15) is 4.79 Å². The lowest BCUT2D eigenvalue weighted by Gasteiger charge is -2.16. The molecule has 1 amide bonds. The van der Waals surface area contributed by atoms with Gasteiger partial charge in [0.1, 0.15) is 0 Å². The predicted molar refractivity (Wildman–Crippen MR) is 77.5 cm³/mol. The zero-order chi connectivity index (χ0) is 14.1. The van der Waals surface area contributed by atoms with Gasteiger partial charge in [0.2, 0.25) is 5.91 Å². The normalized spacial score (nSPS) is 13.8. The molecule has 2 atom stereocenters. The summed E-state index contributed by atoms with van der Waals surface area (Å²) in [5.74, 6) is 0.648. The number of pyridine rings is 1. The van der Waals surface area contributed by atoms with Crippen molar-refractivity contribution in [1.82, 2.24) is 10.3 Å². The molecular formula is C15H25N3O. The number of rotatable bonds is 8. The van der Waals surface area contributed by atoms with Crippen LogP contribution in [-0.4, -0.2) is 17.4 Å². The smallest absolute Gasteiger partial charge is 0.220 e. The van der Waals surface area contributed by atoms with Gasteiger partial charge in [-0.1, -0.05) is 19.4 Å². The van der Waals surface area contributed by atoms with Gasteiger partial charge in [-0.25, -0.2) is 0 Å². The van der Waals surface area contributed by atoms with Crippen molar-refractivity contribution in [3.05, 3.63) is 30.1 Å². The quantitative estimate of drug-likeness (QED) is 0.757. The lowest BCUT2D eigenvalue weighted by atomic mass is 9.96. The maximum Gasteiger partial charge on any atom is 0.220 e. The van der Waals surface area contributed by atoms with Crippen LogP contribution in [0.25, 0.3) is 0 Å². The van der Waals surface area contributed by atoms with E-state index in [0.29, 0.717) is 18.9 Å². The summed E-state index contributed by atoms with van der Waals surface area (Å²) in [7, 11) is 0. The van der Waals surface area contributed by atoms with Gasteiger partial charge in [-0.3, -0.25) is 9.78 Å². The van der Waals surface area contributed by atoms with Crippen molar-refractivity contribution in [3.63, 3.8) is 0 Å². The highest BCUT2D eigenvalue weighted by Crippen LogP contribution is 2.15. The molecule has 1 rings (SSSR count). The summed E-state index contributed by atoms with van der Waals surface area (Å²) in [6.07, 6.45) is 5.30. The van der Waals surface area contributed by atoms with Crippen LogP contribution in [0, 0.1) is 5.92 Å². The second-order valence-electron chi connectivity index (χ2n) is 4.93. The molecule has 0 saturated carbocycles. The van der Waals surface area contributed by atoms with E-state index in [4.69, 9.17) is 5.73 Å². The fourth-order valence-corrected chi connectivity index (χ4v) is 2.14. The Morgan fingerprint density at radius 1 is 1.42 bits per heavy atom. The molecular weight excluding hydrogens is 238 g/mol. The molecule has 0 fully saturated rings. The van der Waals surface area contributed by atoms with Crippen molar-refractivity contribution in [2.45, 2.75) is 45.6 Å². The lowest BCUT2D eigenvalue weighted by molar-refractivity contribution is -0.122. The van der Waals surface area contributed by atoms with Crippen LogP contribution in [0.5, 0.6) is 0 Å². The molecule has 1 unspecified atom stereocenters. The third-order valence-electron chi connectivity index (χ3n) is 3.44. The fourth-order valence-electron chi connectivity index (χ4n) is 2.14. The van der Waals surface area contributed by atoms with Crippen molar-refractivity contribution in [1.29, 1.82) is 0 Å². The number of carbonyl (C=O) groups is 1. The number of nitrogens with zero attached hydrogens (tertiary/aromatic N) is 1. The van der Waals surface area contributed by atoms with Crippen molar-refractivity contribution in [2.24, 2.45) is 11.7 Å². The van der Waals surface area contributed by atoms with Gasteiger partial charge in [0.15, 0.2) is 0 Å². The Balaban J connectivity index is 2.35. The molecule has 0 saturated heterocycles. The molecule has 4 nitrogen and oxygen atoms in total. The van der Waals surface area contributed by atoms with Crippen LogP contribution in [0.2, 0.25) is 0 Å². The van der Waals surface area contributed by atoms with Crippen LogP contribution in [0.3, 0.4) is 0 Å². The average Bonchev–Trinajstić information content (AvgIpc) is 2.44. The van der Waals surface area contributed by atoms with Gasteiger partial charge in [-0.15, -0.1) is 0 Å². The van der Waals surface area contributed by atoms with E-state index < -0.39 is 0 Å². The summed E-state index contributed by atoms with van der Waals surface area (Å²) in [5, 5.41) is 2.99. The second kappa shape index (κ2) is 8.64. The topological polar surface area (TPSA) is 68.0 Å². The van der Waals surface area contributed by atoms with Gasteiger partial charge in [0, 0.05) is 12.6 Å². The minimum absolute atomic E-state index is 0.0386. The maximum absolute atomic E-state index is 11.9. The molecule has 0 aliphatic carbocycles. The SMILES string of the molecule is CCC(CCN)CCC(=O)N[C@H](C)c1ccccn1. The van der Waals surface area contributed by atoms with Crippen LogP contribution in [0.4, 0.5) is 0 Å². The lowest BCUT2D eigenvalue weighted by Crippen LogP contribution is -2.27. The first-order valence-electron chi connectivity index (χ1n) is 7.07. The van der Waals surface area contributed by atoms with Gasteiger partial charge >= 0.3 is 0 Å². The highest BCUT2D eigenvalue weighted by molar-refractivity contribution is 5.76. The Hall–Kier alpha value is -1.42. The number of nitrogens with two attached hydrogens (primary N) is 1. The van der Waals surface area contributed by atoms with E-state index in [0.717, 1.165) is 25.0 Å². The molecule has 0 aliphatic heterocycles. The third kappa shape index (κ3) is 5.83. The molecule has 0 aromatic carbocycles. The fraction of sp³-hybridized carbons (Fsp3) is 0.600. The number of amides is 1. The van der Waals surface area contributed by atoms with Gasteiger partial charge in [0.25, 0.3) is 0 Å². The standard InChI is InChI=1S/C15H25N3O/c1-3-13(9-10-16)7-8-15(19)18-12(2)14-6-4-5-11-17-14/h4-6,11-13H,3,7-10,16H2,1-2H3,(H,18,19)/t12-,13?/m1/s1.